The molecule has 2 aromatic heterocycles. The number of rotatable bonds is 5. The molecule has 0 bridgehead atoms. The largest absolute Gasteiger partial charge is 0.336 e. The fourth-order valence-electron chi connectivity index (χ4n) is 3.65. The fourth-order valence-corrected chi connectivity index (χ4v) is 3.65. The van der Waals surface area contributed by atoms with Crippen molar-refractivity contribution in [2.75, 3.05) is 38.5 Å². The van der Waals surface area contributed by atoms with Crippen molar-refractivity contribution in [2.24, 2.45) is 0 Å². The zero-order valence-electron chi connectivity index (χ0n) is 17.7. The van der Waals surface area contributed by atoms with Gasteiger partial charge in [0.1, 0.15) is 5.82 Å². The van der Waals surface area contributed by atoms with Crippen LogP contribution >= 0.6 is 0 Å². The van der Waals surface area contributed by atoms with Crippen LogP contribution in [0.4, 0.5) is 11.6 Å². The Morgan fingerprint density at radius 2 is 1.80 bits per heavy atom. The maximum absolute atomic E-state index is 12.7. The van der Waals surface area contributed by atoms with Gasteiger partial charge in [0.2, 0.25) is 5.95 Å². The molecule has 0 saturated carbocycles. The van der Waals surface area contributed by atoms with Crippen molar-refractivity contribution in [1.29, 1.82) is 0 Å². The SMILES string of the molecule is CCn1c(-c2ccnc(Nc3ccc(C(=O)N4CCN(C)CC4)cc3)n2)cnc1C. The summed E-state index contributed by atoms with van der Waals surface area (Å²) in [5.74, 6) is 1.55. The molecule has 1 aromatic carbocycles. The van der Waals surface area contributed by atoms with Gasteiger partial charge in [0.25, 0.3) is 5.91 Å². The Kier molecular flexibility index (Phi) is 5.76. The van der Waals surface area contributed by atoms with Crippen LogP contribution in [0.2, 0.25) is 0 Å². The van der Waals surface area contributed by atoms with Gasteiger partial charge in [-0.1, -0.05) is 0 Å². The molecule has 0 atom stereocenters. The summed E-state index contributed by atoms with van der Waals surface area (Å²) in [7, 11) is 2.08. The van der Waals surface area contributed by atoms with E-state index < -0.39 is 0 Å². The van der Waals surface area contributed by atoms with E-state index in [0.717, 1.165) is 55.6 Å². The number of benzene rings is 1. The van der Waals surface area contributed by atoms with Gasteiger partial charge in [0, 0.05) is 50.2 Å². The first-order valence-corrected chi connectivity index (χ1v) is 10.3. The summed E-state index contributed by atoms with van der Waals surface area (Å²) >= 11 is 0. The minimum absolute atomic E-state index is 0.0797. The van der Waals surface area contributed by atoms with Crippen LogP contribution in [0.15, 0.2) is 42.7 Å². The Morgan fingerprint density at radius 3 is 2.50 bits per heavy atom. The predicted octanol–water partition coefficient (Wildman–Crippen LogP) is 2.80. The summed E-state index contributed by atoms with van der Waals surface area (Å²) in [6.45, 7) is 8.26. The quantitative estimate of drug-likeness (QED) is 0.703. The number of carbonyl (C=O) groups is 1. The molecule has 1 aliphatic rings. The number of aromatic nitrogens is 4. The van der Waals surface area contributed by atoms with Crippen LogP contribution in [0.1, 0.15) is 23.1 Å². The average Bonchev–Trinajstić information content (AvgIpc) is 3.15. The molecule has 8 heteroatoms. The van der Waals surface area contributed by atoms with Gasteiger partial charge in [-0.2, -0.15) is 0 Å². The molecule has 1 amide bonds. The molecule has 1 N–H and O–H groups in total. The van der Waals surface area contributed by atoms with Gasteiger partial charge in [-0.05, 0) is 51.2 Å². The normalized spacial score (nSPS) is 14.7. The third-order valence-electron chi connectivity index (χ3n) is 5.47. The van der Waals surface area contributed by atoms with Crippen molar-refractivity contribution in [3.05, 3.63) is 54.1 Å². The average molecular weight is 406 g/mol. The second-order valence-corrected chi connectivity index (χ2v) is 7.50. The Morgan fingerprint density at radius 1 is 1.07 bits per heavy atom. The zero-order chi connectivity index (χ0) is 21.1. The number of anilines is 2. The molecule has 0 unspecified atom stereocenters. The molecule has 156 valence electrons. The number of likely N-dealkylation sites (N-methyl/N-ethyl adjacent to an activating group) is 1. The minimum Gasteiger partial charge on any atom is -0.336 e. The Balaban J connectivity index is 1.47. The first-order chi connectivity index (χ1) is 14.5. The maximum atomic E-state index is 12.7. The van der Waals surface area contributed by atoms with E-state index >= 15 is 0 Å². The highest BCUT2D eigenvalue weighted by Crippen LogP contribution is 2.21. The highest BCUT2D eigenvalue weighted by Gasteiger charge is 2.20. The van der Waals surface area contributed by atoms with E-state index in [0.29, 0.717) is 11.5 Å². The van der Waals surface area contributed by atoms with E-state index in [-0.39, 0.29) is 5.91 Å². The van der Waals surface area contributed by atoms with Gasteiger partial charge in [-0.15, -0.1) is 0 Å². The third kappa shape index (κ3) is 4.18. The molecule has 0 radical (unpaired) electrons. The number of amides is 1. The van der Waals surface area contributed by atoms with Gasteiger partial charge in [0.15, 0.2) is 0 Å². The van der Waals surface area contributed by atoms with Crippen LogP contribution in [-0.4, -0.2) is 68.5 Å². The number of carbonyl (C=O) groups excluding carboxylic acids is 1. The van der Waals surface area contributed by atoms with E-state index in [1.54, 1.807) is 6.20 Å². The topological polar surface area (TPSA) is 79.2 Å². The Bertz CT molecular complexity index is 1020. The van der Waals surface area contributed by atoms with Crippen LogP contribution in [0.5, 0.6) is 0 Å². The van der Waals surface area contributed by atoms with Crippen LogP contribution in [0.3, 0.4) is 0 Å². The lowest BCUT2D eigenvalue weighted by Crippen LogP contribution is -2.47. The molecule has 1 aliphatic heterocycles. The molecular formula is C22H27N7O. The van der Waals surface area contributed by atoms with Crippen LogP contribution in [0.25, 0.3) is 11.4 Å². The van der Waals surface area contributed by atoms with Crippen molar-refractivity contribution < 1.29 is 4.79 Å². The molecular weight excluding hydrogens is 378 g/mol. The second kappa shape index (κ2) is 8.62. The summed E-state index contributed by atoms with van der Waals surface area (Å²) in [4.78, 5) is 30.2. The number of hydrogen-bond acceptors (Lipinski definition) is 6. The van der Waals surface area contributed by atoms with Crippen molar-refractivity contribution in [3.8, 4) is 11.4 Å². The van der Waals surface area contributed by atoms with Crippen molar-refractivity contribution in [1.82, 2.24) is 29.3 Å². The van der Waals surface area contributed by atoms with E-state index in [1.165, 1.54) is 0 Å². The summed E-state index contributed by atoms with van der Waals surface area (Å²) in [5.41, 5.74) is 3.31. The summed E-state index contributed by atoms with van der Waals surface area (Å²) in [6.07, 6.45) is 3.57. The molecule has 3 aromatic rings. The molecule has 0 aliphatic carbocycles. The summed E-state index contributed by atoms with van der Waals surface area (Å²) in [6, 6.07) is 9.36. The lowest BCUT2D eigenvalue weighted by molar-refractivity contribution is 0.0664. The van der Waals surface area contributed by atoms with Gasteiger partial charge in [0.05, 0.1) is 17.6 Å². The summed E-state index contributed by atoms with van der Waals surface area (Å²) < 4.78 is 2.12. The van der Waals surface area contributed by atoms with Crippen molar-refractivity contribution in [3.63, 3.8) is 0 Å². The number of hydrogen-bond donors (Lipinski definition) is 1. The van der Waals surface area contributed by atoms with Gasteiger partial charge < -0.3 is 19.7 Å². The number of nitrogens with zero attached hydrogens (tertiary/aromatic N) is 6. The molecule has 4 rings (SSSR count). The van der Waals surface area contributed by atoms with Crippen molar-refractivity contribution >= 4 is 17.5 Å². The minimum atomic E-state index is 0.0797. The lowest BCUT2D eigenvalue weighted by atomic mass is 10.1. The van der Waals surface area contributed by atoms with Gasteiger partial charge in [-0.25, -0.2) is 15.0 Å². The first-order valence-electron chi connectivity index (χ1n) is 10.3. The molecule has 0 spiro atoms. The van der Waals surface area contributed by atoms with Gasteiger partial charge >= 0.3 is 0 Å². The first kappa shape index (κ1) is 20.0. The second-order valence-electron chi connectivity index (χ2n) is 7.50. The molecule has 8 nitrogen and oxygen atoms in total. The number of aryl methyl sites for hydroxylation is 1. The standard InChI is InChI=1S/C22H27N7O/c1-4-29-16(2)24-15-20(29)19-9-10-23-22(26-19)25-18-7-5-17(6-8-18)21(30)28-13-11-27(3)12-14-28/h5-10,15H,4,11-14H2,1-3H3,(H,23,25,26). The van der Waals surface area contributed by atoms with Crippen molar-refractivity contribution in [2.45, 2.75) is 20.4 Å². The highest BCUT2D eigenvalue weighted by atomic mass is 16.2. The third-order valence-corrected chi connectivity index (χ3v) is 5.47. The Labute approximate surface area is 176 Å². The lowest BCUT2D eigenvalue weighted by Gasteiger charge is -2.32. The fraction of sp³-hybridized carbons (Fsp3) is 0.364. The molecule has 1 fully saturated rings. The number of piperazine rings is 1. The molecule has 30 heavy (non-hydrogen) atoms. The highest BCUT2D eigenvalue weighted by molar-refractivity contribution is 5.94. The van der Waals surface area contributed by atoms with Crippen LogP contribution in [-0.2, 0) is 6.54 Å². The number of nitrogens with one attached hydrogen (secondary N) is 1. The van der Waals surface area contributed by atoms with Gasteiger partial charge in [-0.3, -0.25) is 4.79 Å². The molecule has 3 heterocycles. The van der Waals surface area contributed by atoms with Crippen LogP contribution in [0, 0.1) is 6.92 Å². The van der Waals surface area contributed by atoms with E-state index in [9.17, 15) is 4.79 Å². The zero-order valence-corrected chi connectivity index (χ0v) is 17.7. The Hall–Kier alpha value is -3.26. The smallest absolute Gasteiger partial charge is 0.253 e. The number of imidazole rings is 1. The van der Waals surface area contributed by atoms with E-state index in [1.807, 2.05) is 48.4 Å². The van der Waals surface area contributed by atoms with E-state index in [4.69, 9.17) is 0 Å². The monoisotopic (exact) mass is 405 g/mol. The summed E-state index contributed by atoms with van der Waals surface area (Å²) in [5, 5.41) is 3.23. The predicted molar refractivity (Wildman–Crippen MR) is 117 cm³/mol. The molecule has 1 saturated heterocycles. The van der Waals surface area contributed by atoms with Crippen LogP contribution < -0.4 is 5.32 Å². The van der Waals surface area contributed by atoms with E-state index in [2.05, 4.69) is 43.7 Å². The maximum Gasteiger partial charge on any atom is 0.253 e.